The minimum atomic E-state index is 0.362. The van der Waals surface area contributed by atoms with Crippen LogP contribution in [0.4, 0.5) is 5.69 Å². The van der Waals surface area contributed by atoms with Crippen molar-refractivity contribution in [3.05, 3.63) is 29.8 Å². The van der Waals surface area contributed by atoms with Gasteiger partial charge in [0.25, 0.3) is 0 Å². The van der Waals surface area contributed by atoms with Crippen LogP contribution in [0.15, 0.2) is 24.3 Å². The maximum absolute atomic E-state index is 5.95. The Kier molecular flexibility index (Phi) is 3.96. The van der Waals surface area contributed by atoms with Gasteiger partial charge in [-0.15, -0.1) is 0 Å². The van der Waals surface area contributed by atoms with Gasteiger partial charge in [0.05, 0.1) is 0 Å². The molecule has 0 aliphatic rings. The van der Waals surface area contributed by atoms with Crippen LogP contribution in [0.5, 0.6) is 0 Å². The molecular formula is C12H20N2. The minimum Gasteiger partial charge on any atom is -0.398 e. The fourth-order valence-electron chi connectivity index (χ4n) is 1.72. The molecule has 1 aromatic carbocycles. The zero-order chi connectivity index (χ0) is 10.6. The Bertz CT molecular complexity index is 281. The maximum Gasteiger partial charge on any atom is 0.0363 e. The van der Waals surface area contributed by atoms with Crippen LogP contribution in [-0.2, 0) is 0 Å². The third kappa shape index (κ3) is 2.48. The third-order valence-corrected chi connectivity index (χ3v) is 2.42. The fourth-order valence-corrected chi connectivity index (χ4v) is 1.72. The van der Waals surface area contributed by atoms with Crippen LogP contribution in [0.3, 0.4) is 0 Å². The van der Waals surface area contributed by atoms with E-state index in [0.717, 1.165) is 12.2 Å². The Labute approximate surface area is 86.5 Å². The summed E-state index contributed by atoms with van der Waals surface area (Å²) in [7, 11) is 0. The van der Waals surface area contributed by atoms with E-state index in [4.69, 9.17) is 5.73 Å². The molecule has 0 radical (unpaired) electrons. The van der Waals surface area contributed by atoms with E-state index in [1.54, 1.807) is 0 Å². The summed E-state index contributed by atoms with van der Waals surface area (Å²) in [4.78, 5) is 0. The lowest BCUT2D eigenvalue weighted by Crippen LogP contribution is -2.26. The number of anilines is 1. The molecule has 1 unspecified atom stereocenters. The van der Waals surface area contributed by atoms with Gasteiger partial charge in [-0.05, 0) is 24.1 Å². The molecule has 2 nitrogen and oxygen atoms in total. The fraction of sp³-hybridized carbons (Fsp3) is 0.500. The molecular weight excluding hydrogens is 172 g/mol. The zero-order valence-electron chi connectivity index (χ0n) is 9.25. The van der Waals surface area contributed by atoms with E-state index in [-0.39, 0.29) is 0 Å². The van der Waals surface area contributed by atoms with Crippen molar-refractivity contribution in [1.82, 2.24) is 5.32 Å². The molecule has 0 bridgehead atoms. The number of nitrogen functional groups attached to an aromatic ring is 1. The lowest BCUT2D eigenvalue weighted by molar-refractivity contribution is 0.423. The van der Waals surface area contributed by atoms with Crippen LogP contribution < -0.4 is 11.1 Å². The maximum atomic E-state index is 5.95. The van der Waals surface area contributed by atoms with Crippen molar-refractivity contribution in [3.8, 4) is 0 Å². The molecule has 2 heteroatoms. The molecule has 0 aliphatic heterocycles. The Morgan fingerprint density at radius 3 is 2.43 bits per heavy atom. The van der Waals surface area contributed by atoms with Gasteiger partial charge in [-0.3, -0.25) is 0 Å². The van der Waals surface area contributed by atoms with Gasteiger partial charge in [-0.25, -0.2) is 0 Å². The molecule has 78 valence electrons. The number of nitrogens with one attached hydrogen (secondary N) is 1. The Morgan fingerprint density at radius 2 is 1.93 bits per heavy atom. The van der Waals surface area contributed by atoms with Crippen molar-refractivity contribution in [2.45, 2.75) is 26.8 Å². The second-order valence-electron chi connectivity index (χ2n) is 3.91. The highest BCUT2D eigenvalue weighted by Crippen LogP contribution is 2.25. The van der Waals surface area contributed by atoms with Crippen molar-refractivity contribution < 1.29 is 0 Å². The van der Waals surface area contributed by atoms with Gasteiger partial charge in [0.2, 0.25) is 0 Å². The smallest absolute Gasteiger partial charge is 0.0363 e. The summed E-state index contributed by atoms with van der Waals surface area (Å²) in [6.45, 7) is 7.51. The van der Waals surface area contributed by atoms with Gasteiger partial charge in [-0.2, -0.15) is 0 Å². The Morgan fingerprint density at radius 1 is 1.29 bits per heavy atom. The Balaban J connectivity index is 2.93. The lowest BCUT2D eigenvalue weighted by Gasteiger charge is -2.23. The molecule has 0 aromatic heterocycles. The molecule has 0 aliphatic carbocycles. The summed E-state index contributed by atoms with van der Waals surface area (Å²) in [6.07, 6.45) is 0. The molecule has 1 rings (SSSR count). The second kappa shape index (κ2) is 5.01. The molecule has 0 fully saturated rings. The zero-order valence-corrected chi connectivity index (χ0v) is 9.25. The number of benzene rings is 1. The van der Waals surface area contributed by atoms with E-state index < -0.39 is 0 Å². The van der Waals surface area contributed by atoms with Crippen LogP contribution in [0.25, 0.3) is 0 Å². The molecule has 0 spiro atoms. The molecule has 0 saturated carbocycles. The summed E-state index contributed by atoms with van der Waals surface area (Å²) in [5.41, 5.74) is 8.04. The van der Waals surface area contributed by atoms with Gasteiger partial charge in [0.15, 0.2) is 0 Å². The van der Waals surface area contributed by atoms with Crippen LogP contribution in [-0.4, -0.2) is 6.54 Å². The molecule has 1 aromatic rings. The van der Waals surface area contributed by atoms with Crippen molar-refractivity contribution >= 4 is 5.69 Å². The molecule has 0 amide bonds. The summed E-state index contributed by atoms with van der Waals surface area (Å²) in [5, 5.41) is 3.46. The minimum absolute atomic E-state index is 0.362. The van der Waals surface area contributed by atoms with Gasteiger partial charge < -0.3 is 11.1 Å². The third-order valence-electron chi connectivity index (χ3n) is 2.42. The van der Waals surface area contributed by atoms with Gasteiger partial charge in [-0.1, -0.05) is 39.0 Å². The quantitative estimate of drug-likeness (QED) is 0.720. The SMILES string of the molecule is CCNC(c1ccccc1N)C(C)C. The number of hydrogen-bond donors (Lipinski definition) is 2. The van der Waals surface area contributed by atoms with Crippen molar-refractivity contribution in [3.63, 3.8) is 0 Å². The molecule has 14 heavy (non-hydrogen) atoms. The van der Waals surface area contributed by atoms with Gasteiger partial charge >= 0.3 is 0 Å². The highest BCUT2D eigenvalue weighted by Gasteiger charge is 2.15. The van der Waals surface area contributed by atoms with Crippen LogP contribution in [0.2, 0.25) is 0 Å². The van der Waals surface area contributed by atoms with E-state index in [1.807, 2.05) is 18.2 Å². The summed E-state index contributed by atoms with van der Waals surface area (Å²) in [5.74, 6) is 0.555. The van der Waals surface area contributed by atoms with E-state index in [9.17, 15) is 0 Å². The predicted molar refractivity (Wildman–Crippen MR) is 62.1 cm³/mol. The lowest BCUT2D eigenvalue weighted by atomic mass is 9.95. The number of rotatable bonds is 4. The predicted octanol–water partition coefficient (Wildman–Crippen LogP) is 2.58. The number of hydrogen-bond acceptors (Lipinski definition) is 2. The highest BCUT2D eigenvalue weighted by molar-refractivity contribution is 5.48. The average molecular weight is 192 g/mol. The van der Waals surface area contributed by atoms with Gasteiger partial charge in [0, 0.05) is 11.7 Å². The van der Waals surface area contributed by atoms with Crippen LogP contribution >= 0.6 is 0 Å². The monoisotopic (exact) mass is 192 g/mol. The van der Waals surface area contributed by atoms with Crippen molar-refractivity contribution in [2.75, 3.05) is 12.3 Å². The van der Waals surface area contributed by atoms with E-state index in [0.29, 0.717) is 12.0 Å². The second-order valence-corrected chi connectivity index (χ2v) is 3.91. The number of nitrogens with two attached hydrogens (primary N) is 1. The first-order chi connectivity index (χ1) is 6.66. The summed E-state index contributed by atoms with van der Waals surface area (Å²) in [6, 6.07) is 8.44. The van der Waals surface area contributed by atoms with Gasteiger partial charge in [0.1, 0.15) is 0 Å². The van der Waals surface area contributed by atoms with Crippen molar-refractivity contribution in [2.24, 2.45) is 5.92 Å². The first kappa shape index (κ1) is 11.1. The first-order valence-electron chi connectivity index (χ1n) is 5.24. The molecule has 3 N–H and O–H groups in total. The average Bonchev–Trinajstić information content (AvgIpc) is 2.15. The molecule has 0 saturated heterocycles. The van der Waals surface area contributed by atoms with Crippen LogP contribution in [0.1, 0.15) is 32.4 Å². The Hall–Kier alpha value is -1.02. The summed E-state index contributed by atoms with van der Waals surface area (Å²) < 4.78 is 0. The highest BCUT2D eigenvalue weighted by atomic mass is 14.9. The van der Waals surface area contributed by atoms with E-state index in [1.165, 1.54) is 5.56 Å². The molecule has 0 heterocycles. The van der Waals surface area contributed by atoms with Crippen LogP contribution in [0, 0.1) is 5.92 Å². The normalized spacial score (nSPS) is 13.1. The molecule has 1 atom stereocenters. The standard InChI is InChI=1S/C12H20N2/c1-4-14-12(9(2)3)10-7-5-6-8-11(10)13/h5-9,12,14H,4,13H2,1-3H3. The number of para-hydroxylation sites is 1. The first-order valence-corrected chi connectivity index (χ1v) is 5.24. The summed E-state index contributed by atoms with van der Waals surface area (Å²) >= 11 is 0. The van der Waals surface area contributed by atoms with E-state index in [2.05, 4.69) is 32.2 Å². The largest absolute Gasteiger partial charge is 0.398 e. The topological polar surface area (TPSA) is 38.0 Å². The van der Waals surface area contributed by atoms with Crippen molar-refractivity contribution in [1.29, 1.82) is 0 Å². The van der Waals surface area contributed by atoms with E-state index >= 15 is 0 Å².